The number of nitro groups is 1. The summed E-state index contributed by atoms with van der Waals surface area (Å²) >= 11 is 0. The average molecular weight is 271 g/mol. The predicted molar refractivity (Wildman–Crippen MR) is 73.9 cm³/mol. The lowest BCUT2D eigenvalue weighted by Gasteiger charge is -2.31. The van der Waals surface area contributed by atoms with Crippen molar-refractivity contribution in [3.05, 3.63) is 58.4 Å². The fourth-order valence-electron chi connectivity index (χ4n) is 2.26. The van der Waals surface area contributed by atoms with Crippen LogP contribution in [0.3, 0.4) is 0 Å². The van der Waals surface area contributed by atoms with E-state index in [9.17, 15) is 10.1 Å². The van der Waals surface area contributed by atoms with Gasteiger partial charge in [-0.25, -0.2) is 0 Å². The molecule has 0 radical (unpaired) electrons. The normalized spacial score (nSPS) is 13.5. The highest BCUT2D eigenvalue weighted by atomic mass is 16.6. The maximum Gasteiger partial charge on any atom is 0.273 e. The van der Waals surface area contributed by atoms with Crippen LogP contribution >= 0.6 is 0 Å². The summed E-state index contributed by atoms with van der Waals surface area (Å²) in [6.45, 7) is 1.98. The topological polar surface area (TPSA) is 68.5 Å². The molecule has 20 heavy (non-hydrogen) atoms. The quantitative estimate of drug-likeness (QED) is 0.633. The van der Waals surface area contributed by atoms with Crippen LogP contribution in [0.15, 0.2) is 42.7 Å². The minimum absolute atomic E-state index is 0.0481. The lowest BCUT2D eigenvalue weighted by atomic mass is 10.2. The largest absolute Gasteiger partial charge is 0.489 e. The predicted octanol–water partition coefficient (Wildman–Crippen LogP) is 2.39. The van der Waals surface area contributed by atoms with E-state index in [4.69, 9.17) is 4.74 Å². The average Bonchev–Trinajstić information content (AvgIpc) is 2.48. The van der Waals surface area contributed by atoms with E-state index in [0.29, 0.717) is 18.9 Å². The van der Waals surface area contributed by atoms with Gasteiger partial charge in [-0.2, -0.15) is 0 Å². The molecule has 0 saturated heterocycles. The Morgan fingerprint density at radius 3 is 3.05 bits per heavy atom. The second-order valence-corrected chi connectivity index (χ2v) is 4.54. The lowest BCUT2D eigenvalue weighted by Crippen LogP contribution is -2.32. The molecule has 0 amide bonds. The van der Waals surface area contributed by atoms with Gasteiger partial charge < -0.3 is 9.64 Å². The monoisotopic (exact) mass is 271 g/mol. The number of non-ortho nitro benzene ring substituents is 1. The Bertz CT molecular complexity index is 631. The fraction of sp³-hybridized carbons (Fsp3) is 0.214. The third kappa shape index (κ3) is 2.40. The van der Waals surface area contributed by atoms with Gasteiger partial charge in [0.1, 0.15) is 12.4 Å². The van der Waals surface area contributed by atoms with Gasteiger partial charge in [-0.15, -0.1) is 0 Å². The fourth-order valence-corrected chi connectivity index (χ4v) is 2.26. The first-order valence-electron chi connectivity index (χ1n) is 6.29. The first-order chi connectivity index (χ1) is 9.74. The van der Waals surface area contributed by atoms with Crippen LogP contribution in [0.5, 0.6) is 5.75 Å². The van der Waals surface area contributed by atoms with Gasteiger partial charge in [0, 0.05) is 25.0 Å². The second-order valence-electron chi connectivity index (χ2n) is 4.54. The number of rotatable bonds is 3. The van der Waals surface area contributed by atoms with E-state index in [0.717, 1.165) is 17.8 Å². The van der Waals surface area contributed by atoms with Crippen molar-refractivity contribution >= 4 is 11.4 Å². The third-order valence-electron chi connectivity index (χ3n) is 3.21. The molecule has 0 saturated carbocycles. The second kappa shape index (κ2) is 5.16. The van der Waals surface area contributed by atoms with E-state index < -0.39 is 4.92 Å². The summed E-state index contributed by atoms with van der Waals surface area (Å²) in [6.07, 6.45) is 3.56. The van der Waals surface area contributed by atoms with Gasteiger partial charge in [-0.3, -0.25) is 15.1 Å². The molecular weight excluding hydrogens is 258 g/mol. The number of pyridine rings is 1. The number of anilines is 1. The third-order valence-corrected chi connectivity index (χ3v) is 3.21. The van der Waals surface area contributed by atoms with Crippen LogP contribution in [0.25, 0.3) is 0 Å². The Hall–Kier alpha value is -2.63. The standard InChI is InChI=1S/C14H13N3O3/c18-17(19)12-3-4-13-14(8-12)20-7-6-16(13)10-11-2-1-5-15-9-11/h1-5,8-9H,6-7,10H2. The number of nitrogens with zero attached hydrogens (tertiary/aromatic N) is 3. The van der Waals surface area contributed by atoms with Crippen molar-refractivity contribution in [2.75, 3.05) is 18.1 Å². The van der Waals surface area contributed by atoms with E-state index in [1.807, 2.05) is 18.3 Å². The number of benzene rings is 1. The van der Waals surface area contributed by atoms with Gasteiger partial charge >= 0.3 is 0 Å². The van der Waals surface area contributed by atoms with E-state index in [2.05, 4.69) is 9.88 Å². The Morgan fingerprint density at radius 1 is 1.40 bits per heavy atom. The maximum atomic E-state index is 10.8. The summed E-state index contributed by atoms with van der Waals surface area (Å²) in [4.78, 5) is 16.6. The molecule has 3 rings (SSSR count). The summed E-state index contributed by atoms with van der Waals surface area (Å²) in [5.41, 5.74) is 2.02. The van der Waals surface area contributed by atoms with Gasteiger partial charge in [-0.1, -0.05) is 6.07 Å². The molecule has 0 bridgehead atoms. The van der Waals surface area contributed by atoms with Crippen LogP contribution in [0, 0.1) is 10.1 Å². The molecule has 2 heterocycles. The summed E-state index contributed by atoms with van der Waals surface area (Å²) in [5.74, 6) is 0.564. The van der Waals surface area contributed by atoms with Gasteiger partial charge in [-0.05, 0) is 17.7 Å². The summed E-state index contributed by atoms with van der Waals surface area (Å²) < 4.78 is 5.52. The van der Waals surface area contributed by atoms with Gasteiger partial charge in [0.25, 0.3) is 5.69 Å². The molecule has 0 spiro atoms. The molecule has 1 aliphatic heterocycles. The molecule has 2 aromatic rings. The van der Waals surface area contributed by atoms with Crippen molar-refractivity contribution in [3.8, 4) is 5.75 Å². The van der Waals surface area contributed by atoms with Crippen LogP contribution in [-0.4, -0.2) is 23.1 Å². The summed E-state index contributed by atoms with van der Waals surface area (Å²) in [5, 5.41) is 10.8. The molecule has 0 atom stereocenters. The van der Waals surface area contributed by atoms with Crippen molar-refractivity contribution in [1.82, 2.24) is 4.98 Å². The van der Waals surface area contributed by atoms with E-state index in [1.54, 1.807) is 12.3 Å². The minimum Gasteiger partial charge on any atom is -0.489 e. The molecule has 1 aromatic heterocycles. The Morgan fingerprint density at radius 2 is 2.30 bits per heavy atom. The SMILES string of the molecule is O=[N+]([O-])c1ccc2c(c1)OCCN2Cc1cccnc1. The first kappa shape index (κ1) is 12.4. The molecule has 0 N–H and O–H groups in total. The minimum atomic E-state index is -0.413. The zero-order chi connectivity index (χ0) is 13.9. The van der Waals surface area contributed by atoms with E-state index in [1.165, 1.54) is 12.1 Å². The van der Waals surface area contributed by atoms with Crippen LogP contribution < -0.4 is 9.64 Å². The first-order valence-corrected chi connectivity index (χ1v) is 6.29. The highest BCUT2D eigenvalue weighted by molar-refractivity contribution is 5.63. The number of fused-ring (bicyclic) bond motifs is 1. The Balaban J connectivity index is 1.88. The lowest BCUT2D eigenvalue weighted by molar-refractivity contribution is -0.384. The van der Waals surface area contributed by atoms with Crippen molar-refractivity contribution in [3.63, 3.8) is 0 Å². The molecule has 102 valence electrons. The molecule has 1 aromatic carbocycles. The van der Waals surface area contributed by atoms with Crippen molar-refractivity contribution < 1.29 is 9.66 Å². The summed E-state index contributed by atoms with van der Waals surface area (Å²) in [7, 11) is 0. The number of nitro benzene ring substituents is 1. The highest BCUT2D eigenvalue weighted by Crippen LogP contribution is 2.35. The molecular formula is C14H13N3O3. The van der Waals surface area contributed by atoms with Crippen molar-refractivity contribution in [1.29, 1.82) is 0 Å². The number of ether oxygens (including phenoxy) is 1. The maximum absolute atomic E-state index is 10.8. The van der Waals surface area contributed by atoms with E-state index >= 15 is 0 Å². The molecule has 0 aliphatic carbocycles. The molecule has 6 nitrogen and oxygen atoms in total. The van der Waals surface area contributed by atoms with E-state index in [-0.39, 0.29) is 5.69 Å². The van der Waals surface area contributed by atoms with Crippen LogP contribution in [0.2, 0.25) is 0 Å². The van der Waals surface area contributed by atoms with Crippen LogP contribution in [0.1, 0.15) is 5.56 Å². The summed E-state index contributed by atoms with van der Waals surface area (Å²) in [6, 6.07) is 8.62. The molecule has 6 heteroatoms. The molecule has 0 unspecified atom stereocenters. The number of hydrogen-bond acceptors (Lipinski definition) is 5. The van der Waals surface area contributed by atoms with Gasteiger partial charge in [0.2, 0.25) is 0 Å². The zero-order valence-corrected chi connectivity index (χ0v) is 10.7. The van der Waals surface area contributed by atoms with Crippen molar-refractivity contribution in [2.24, 2.45) is 0 Å². The molecule has 0 fully saturated rings. The smallest absolute Gasteiger partial charge is 0.273 e. The van der Waals surface area contributed by atoms with Crippen LogP contribution in [-0.2, 0) is 6.54 Å². The number of aromatic nitrogens is 1. The van der Waals surface area contributed by atoms with Gasteiger partial charge in [0.15, 0.2) is 0 Å². The van der Waals surface area contributed by atoms with Crippen LogP contribution in [0.4, 0.5) is 11.4 Å². The number of hydrogen-bond donors (Lipinski definition) is 0. The Labute approximate surface area is 115 Å². The van der Waals surface area contributed by atoms with Crippen molar-refractivity contribution in [2.45, 2.75) is 6.54 Å². The zero-order valence-electron chi connectivity index (χ0n) is 10.7. The van der Waals surface area contributed by atoms with Gasteiger partial charge in [0.05, 0.1) is 23.2 Å². The Kier molecular flexibility index (Phi) is 3.20. The molecule has 1 aliphatic rings. The highest BCUT2D eigenvalue weighted by Gasteiger charge is 2.21.